The van der Waals surface area contributed by atoms with Crippen LogP contribution in [0.5, 0.6) is 0 Å². The fraction of sp³-hybridized carbons (Fsp3) is 0.429. The van der Waals surface area contributed by atoms with Crippen LogP contribution >= 0.6 is 0 Å². The van der Waals surface area contributed by atoms with Crippen LogP contribution in [0.25, 0.3) is 0 Å². The number of carbonyl (C=O) groups excluding carboxylic acids is 2. The Hall–Kier alpha value is -1.99. The molecule has 8 heteroatoms. The van der Waals surface area contributed by atoms with Crippen molar-refractivity contribution >= 4 is 11.8 Å². The van der Waals surface area contributed by atoms with Crippen LogP contribution in [-0.2, 0) is 14.3 Å². The largest absolute Gasteiger partial charge is 0.466 e. The standard InChI is InChI=1S/C8H14O3.C6HF5/c1-3-5-7(9)6-8(10)11-4-2;7-2-1-3(8)5(10)6(11)4(2)9/h3-6H2,1-2H3;1H. The molecule has 1 aromatic rings. The SMILES string of the molecule is CCCC(=O)CC(=O)OCC.Fc1cc(F)c(F)c(F)c1F. The van der Waals surface area contributed by atoms with Crippen molar-refractivity contribution in [2.45, 2.75) is 33.1 Å². The highest BCUT2D eigenvalue weighted by molar-refractivity contribution is 5.95. The van der Waals surface area contributed by atoms with Crippen molar-refractivity contribution in [2.24, 2.45) is 0 Å². The van der Waals surface area contributed by atoms with Gasteiger partial charge in [0.2, 0.25) is 5.82 Å². The van der Waals surface area contributed by atoms with Crippen LogP contribution in [0.2, 0.25) is 0 Å². The minimum atomic E-state index is -2.14. The minimum absolute atomic E-state index is 0.0362. The summed E-state index contributed by atoms with van der Waals surface area (Å²) in [6, 6.07) is -0.0618. The Kier molecular flexibility index (Phi) is 8.97. The van der Waals surface area contributed by atoms with Crippen LogP contribution in [0.1, 0.15) is 33.1 Å². The molecule has 0 N–H and O–H groups in total. The van der Waals surface area contributed by atoms with Crippen molar-refractivity contribution in [1.29, 1.82) is 0 Å². The summed E-state index contributed by atoms with van der Waals surface area (Å²) in [6.07, 6.45) is 1.19. The van der Waals surface area contributed by atoms with Crippen molar-refractivity contribution in [3.8, 4) is 0 Å². The monoisotopic (exact) mass is 326 g/mol. The quantitative estimate of drug-likeness (QED) is 0.272. The first-order chi connectivity index (χ1) is 10.2. The van der Waals surface area contributed by atoms with E-state index in [4.69, 9.17) is 0 Å². The summed E-state index contributed by atoms with van der Waals surface area (Å²) < 4.78 is 64.6. The lowest BCUT2D eigenvalue weighted by molar-refractivity contribution is -0.145. The molecule has 124 valence electrons. The third kappa shape index (κ3) is 6.64. The van der Waals surface area contributed by atoms with Crippen molar-refractivity contribution in [3.05, 3.63) is 35.2 Å². The Labute approximate surface area is 124 Å². The molecule has 22 heavy (non-hydrogen) atoms. The predicted molar refractivity (Wildman–Crippen MR) is 67.4 cm³/mol. The van der Waals surface area contributed by atoms with E-state index >= 15 is 0 Å². The number of esters is 1. The van der Waals surface area contributed by atoms with E-state index in [2.05, 4.69) is 4.74 Å². The average Bonchev–Trinajstić information content (AvgIpc) is 2.44. The Morgan fingerprint density at radius 3 is 1.86 bits per heavy atom. The lowest BCUT2D eigenvalue weighted by Gasteiger charge is -1.98. The number of rotatable bonds is 5. The van der Waals surface area contributed by atoms with Crippen LogP contribution < -0.4 is 0 Å². The number of benzene rings is 1. The number of Topliss-reactive ketones (excluding diaryl/α,β-unsaturated/α-hetero) is 1. The van der Waals surface area contributed by atoms with Crippen molar-refractivity contribution in [2.75, 3.05) is 6.61 Å². The zero-order chi connectivity index (χ0) is 17.3. The Bertz CT molecular complexity index is 489. The summed E-state index contributed by atoms with van der Waals surface area (Å²) in [6.45, 7) is 3.98. The van der Waals surface area contributed by atoms with E-state index in [1.165, 1.54) is 0 Å². The van der Waals surface area contributed by atoms with E-state index in [1.54, 1.807) is 6.92 Å². The summed E-state index contributed by atoms with van der Waals surface area (Å²) in [5.74, 6) is -10.1. The van der Waals surface area contributed by atoms with Gasteiger partial charge in [-0.2, -0.15) is 0 Å². The zero-order valence-electron chi connectivity index (χ0n) is 12.0. The van der Waals surface area contributed by atoms with Gasteiger partial charge in [0.25, 0.3) is 0 Å². The fourth-order valence-corrected chi connectivity index (χ4v) is 1.28. The molecule has 0 spiro atoms. The van der Waals surface area contributed by atoms with E-state index in [1.807, 2.05) is 6.92 Å². The van der Waals surface area contributed by atoms with Gasteiger partial charge in [-0.15, -0.1) is 0 Å². The predicted octanol–water partition coefficient (Wildman–Crippen LogP) is 3.69. The highest BCUT2D eigenvalue weighted by Crippen LogP contribution is 2.16. The van der Waals surface area contributed by atoms with Crippen molar-refractivity contribution < 1.29 is 36.3 Å². The first kappa shape index (κ1) is 20.0. The van der Waals surface area contributed by atoms with Crippen LogP contribution in [0.3, 0.4) is 0 Å². The first-order valence-electron chi connectivity index (χ1n) is 6.40. The lowest BCUT2D eigenvalue weighted by atomic mass is 10.2. The highest BCUT2D eigenvalue weighted by atomic mass is 19.2. The normalized spacial score (nSPS) is 9.77. The van der Waals surface area contributed by atoms with E-state index in [0.29, 0.717) is 13.0 Å². The minimum Gasteiger partial charge on any atom is -0.466 e. The molecule has 0 amide bonds. The maximum atomic E-state index is 12.0. The topological polar surface area (TPSA) is 43.4 Å². The maximum absolute atomic E-state index is 12.0. The van der Waals surface area contributed by atoms with Crippen molar-refractivity contribution in [3.63, 3.8) is 0 Å². The van der Waals surface area contributed by atoms with Gasteiger partial charge < -0.3 is 4.74 Å². The summed E-state index contributed by atoms with van der Waals surface area (Å²) in [5.41, 5.74) is 0. The molecular weight excluding hydrogens is 311 g/mol. The van der Waals surface area contributed by atoms with Crippen LogP contribution in [0, 0.1) is 29.1 Å². The molecule has 0 aromatic heterocycles. The number of carbonyl (C=O) groups is 2. The van der Waals surface area contributed by atoms with E-state index in [0.717, 1.165) is 6.42 Å². The van der Waals surface area contributed by atoms with Crippen LogP contribution in [0.15, 0.2) is 6.07 Å². The summed E-state index contributed by atoms with van der Waals surface area (Å²) in [4.78, 5) is 21.5. The third-order valence-electron chi connectivity index (χ3n) is 2.23. The number of halogens is 5. The summed E-state index contributed by atoms with van der Waals surface area (Å²) in [5, 5.41) is 0. The van der Waals surface area contributed by atoms with Crippen LogP contribution in [0.4, 0.5) is 22.0 Å². The molecule has 0 bridgehead atoms. The van der Waals surface area contributed by atoms with E-state index in [9.17, 15) is 31.5 Å². The maximum Gasteiger partial charge on any atom is 0.313 e. The molecule has 0 unspecified atom stereocenters. The van der Waals surface area contributed by atoms with E-state index in [-0.39, 0.29) is 18.3 Å². The molecular formula is C14H15F5O3. The molecule has 1 aromatic carbocycles. The fourth-order valence-electron chi connectivity index (χ4n) is 1.28. The summed E-state index contributed by atoms with van der Waals surface area (Å²) >= 11 is 0. The molecule has 0 heterocycles. The molecule has 0 aliphatic carbocycles. The average molecular weight is 326 g/mol. The second-order valence-corrected chi connectivity index (χ2v) is 4.05. The molecule has 0 radical (unpaired) electrons. The second kappa shape index (κ2) is 9.86. The van der Waals surface area contributed by atoms with Gasteiger partial charge in [-0.05, 0) is 13.3 Å². The second-order valence-electron chi connectivity index (χ2n) is 4.05. The first-order valence-corrected chi connectivity index (χ1v) is 6.40. The van der Waals surface area contributed by atoms with Gasteiger partial charge in [-0.3, -0.25) is 9.59 Å². The van der Waals surface area contributed by atoms with Gasteiger partial charge in [0, 0.05) is 12.5 Å². The molecule has 1 rings (SSSR count). The lowest BCUT2D eigenvalue weighted by Crippen LogP contribution is -2.10. The van der Waals surface area contributed by atoms with E-state index < -0.39 is 35.1 Å². The number of hydrogen-bond donors (Lipinski definition) is 0. The molecule has 0 saturated heterocycles. The molecule has 0 aliphatic rings. The van der Waals surface area contributed by atoms with Gasteiger partial charge in [0.15, 0.2) is 23.3 Å². The molecule has 0 aliphatic heterocycles. The molecule has 0 saturated carbocycles. The van der Waals surface area contributed by atoms with Gasteiger partial charge in [-0.25, -0.2) is 22.0 Å². The zero-order valence-corrected chi connectivity index (χ0v) is 12.0. The smallest absolute Gasteiger partial charge is 0.313 e. The molecule has 0 atom stereocenters. The van der Waals surface area contributed by atoms with Crippen molar-refractivity contribution in [1.82, 2.24) is 0 Å². The highest BCUT2D eigenvalue weighted by Gasteiger charge is 2.18. The van der Waals surface area contributed by atoms with Gasteiger partial charge >= 0.3 is 5.97 Å². The Balaban J connectivity index is 0.000000401. The van der Waals surface area contributed by atoms with Gasteiger partial charge in [-0.1, -0.05) is 6.92 Å². The molecule has 0 fully saturated rings. The summed E-state index contributed by atoms with van der Waals surface area (Å²) in [7, 11) is 0. The Morgan fingerprint density at radius 1 is 0.955 bits per heavy atom. The number of ketones is 1. The van der Waals surface area contributed by atoms with Crippen LogP contribution in [-0.4, -0.2) is 18.4 Å². The number of ether oxygens (including phenoxy) is 1. The molecule has 3 nitrogen and oxygen atoms in total. The number of hydrogen-bond acceptors (Lipinski definition) is 3. The third-order valence-corrected chi connectivity index (χ3v) is 2.23. The van der Waals surface area contributed by atoms with Gasteiger partial charge in [0.1, 0.15) is 12.2 Å². The van der Waals surface area contributed by atoms with Gasteiger partial charge in [0.05, 0.1) is 6.61 Å². The Morgan fingerprint density at radius 2 is 1.45 bits per heavy atom.